The van der Waals surface area contributed by atoms with Gasteiger partial charge in [-0.05, 0) is 17.7 Å². The fraction of sp³-hybridized carbons (Fsp3) is 0.533. The predicted molar refractivity (Wildman–Crippen MR) is 77.6 cm³/mol. The van der Waals surface area contributed by atoms with Gasteiger partial charge in [-0.25, -0.2) is 0 Å². The van der Waals surface area contributed by atoms with Gasteiger partial charge in [-0.1, -0.05) is 12.1 Å². The number of methoxy groups -OCH3 is 1. The number of nitrogens with zero attached hydrogens (tertiary/aromatic N) is 1. The SMILES string of the molecule is COc1ccc(CN2CC3CSCC(C2)C3=O)cc1. The lowest BCUT2D eigenvalue weighted by molar-refractivity contribution is -0.130. The lowest BCUT2D eigenvalue weighted by Crippen LogP contribution is -2.50. The van der Waals surface area contributed by atoms with E-state index in [4.69, 9.17) is 4.74 Å². The largest absolute Gasteiger partial charge is 0.497 e. The maximum atomic E-state index is 12.0. The molecule has 2 atom stereocenters. The standard InChI is InChI=1S/C15H19NO2S/c1-18-14-4-2-11(3-5-14)6-16-7-12-9-19-10-13(8-16)15(12)17/h2-5,12-13H,6-10H2,1H3. The van der Waals surface area contributed by atoms with E-state index in [9.17, 15) is 4.79 Å². The van der Waals surface area contributed by atoms with E-state index in [1.165, 1.54) is 5.56 Å². The van der Waals surface area contributed by atoms with Crippen molar-refractivity contribution >= 4 is 17.5 Å². The molecule has 2 fully saturated rings. The van der Waals surface area contributed by atoms with Crippen LogP contribution >= 0.6 is 11.8 Å². The Kier molecular flexibility index (Phi) is 3.80. The Labute approximate surface area is 118 Å². The van der Waals surface area contributed by atoms with Gasteiger partial charge < -0.3 is 4.74 Å². The van der Waals surface area contributed by atoms with Crippen LogP contribution in [0.2, 0.25) is 0 Å². The quantitative estimate of drug-likeness (QED) is 0.846. The van der Waals surface area contributed by atoms with Crippen LogP contribution in [0.1, 0.15) is 5.56 Å². The van der Waals surface area contributed by atoms with Crippen molar-refractivity contribution in [2.75, 3.05) is 31.7 Å². The topological polar surface area (TPSA) is 29.5 Å². The molecule has 2 heterocycles. The maximum Gasteiger partial charge on any atom is 0.143 e. The molecule has 2 bridgehead atoms. The molecule has 19 heavy (non-hydrogen) atoms. The van der Waals surface area contributed by atoms with Gasteiger partial charge in [-0.2, -0.15) is 11.8 Å². The number of ketones is 1. The zero-order valence-corrected chi connectivity index (χ0v) is 12.0. The van der Waals surface area contributed by atoms with Gasteiger partial charge >= 0.3 is 0 Å². The lowest BCUT2D eigenvalue weighted by Gasteiger charge is -2.39. The molecule has 0 radical (unpaired) electrons. The molecule has 4 heteroatoms. The summed E-state index contributed by atoms with van der Waals surface area (Å²) < 4.78 is 5.17. The minimum Gasteiger partial charge on any atom is -0.497 e. The summed E-state index contributed by atoms with van der Waals surface area (Å²) in [5, 5.41) is 0. The van der Waals surface area contributed by atoms with Gasteiger partial charge in [0.15, 0.2) is 0 Å². The Balaban J connectivity index is 1.65. The maximum absolute atomic E-state index is 12.0. The van der Waals surface area contributed by atoms with Crippen molar-refractivity contribution in [3.8, 4) is 5.75 Å². The molecule has 0 aromatic heterocycles. The van der Waals surface area contributed by atoms with E-state index in [1.54, 1.807) is 7.11 Å². The molecule has 1 aromatic carbocycles. The van der Waals surface area contributed by atoms with Crippen LogP contribution in [-0.2, 0) is 11.3 Å². The molecular weight excluding hydrogens is 258 g/mol. The third-order valence-electron chi connectivity index (χ3n) is 3.97. The monoisotopic (exact) mass is 277 g/mol. The summed E-state index contributed by atoms with van der Waals surface area (Å²) in [5.74, 6) is 3.94. The third-order valence-corrected chi connectivity index (χ3v) is 5.24. The first kappa shape index (κ1) is 13.0. The first-order valence-electron chi connectivity index (χ1n) is 6.73. The Hall–Kier alpha value is -1.00. The average Bonchev–Trinajstić information content (AvgIpc) is 2.41. The molecule has 2 aliphatic rings. The average molecular weight is 277 g/mol. The number of Topliss-reactive ketones (excluding diaryl/α,β-unsaturated/α-hetero) is 1. The van der Waals surface area contributed by atoms with Gasteiger partial charge in [-0.3, -0.25) is 9.69 Å². The minimum atomic E-state index is 0.260. The summed E-state index contributed by atoms with van der Waals surface area (Å²) >= 11 is 1.94. The molecule has 2 aliphatic heterocycles. The number of benzene rings is 1. The van der Waals surface area contributed by atoms with Crippen LogP contribution in [0.15, 0.2) is 24.3 Å². The number of likely N-dealkylation sites (tertiary alicyclic amines) is 1. The molecule has 0 aliphatic carbocycles. The van der Waals surface area contributed by atoms with Crippen LogP contribution in [0.4, 0.5) is 0 Å². The van der Waals surface area contributed by atoms with Crippen LogP contribution in [-0.4, -0.2) is 42.4 Å². The van der Waals surface area contributed by atoms with Crippen molar-refractivity contribution in [1.82, 2.24) is 4.90 Å². The van der Waals surface area contributed by atoms with Gasteiger partial charge in [0.1, 0.15) is 11.5 Å². The number of thioether (sulfide) groups is 1. The second kappa shape index (κ2) is 5.55. The van der Waals surface area contributed by atoms with E-state index in [-0.39, 0.29) is 11.8 Å². The summed E-state index contributed by atoms with van der Waals surface area (Å²) in [7, 11) is 1.68. The van der Waals surface area contributed by atoms with E-state index in [1.807, 2.05) is 23.9 Å². The van der Waals surface area contributed by atoms with Crippen molar-refractivity contribution in [2.24, 2.45) is 11.8 Å². The number of hydrogen-bond acceptors (Lipinski definition) is 4. The van der Waals surface area contributed by atoms with Crippen LogP contribution < -0.4 is 4.74 Å². The van der Waals surface area contributed by atoms with E-state index in [2.05, 4.69) is 17.0 Å². The first-order chi connectivity index (χ1) is 9.26. The molecule has 2 unspecified atom stereocenters. The summed E-state index contributed by atoms with van der Waals surface area (Å²) in [6, 6.07) is 8.22. The van der Waals surface area contributed by atoms with Crippen molar-refractivity contribution in [1.29, 1.82) is 0 Å². The second-order valence-corrected chi connectivity index (χ2v) is 6.45. The van der Waals surface area contributed by atoms with Gasteiger partial charge in [0.25, 0.3) is 0 Å². The van der Waals surface area contributed by atoms with Crippen molar-refractivity contribution in [2.45, 2.75) is 6.54 Å². The second-order valence-electron chi connectivity index (χ2n) is 5.38. The van der Waals surface area contributed by atoms with Crippen molar-refractivity contribution < 1.29 is 9.53 Å². The number of carbonyl (C=O) groups excluding carboxylic acids is 1. The molecule has 0 spiro atoms. The Morgan fingerprint density at radius 1 is 1.21 bits per heavy atom. The molecule has 0 amide bonds. The third kappa shape index (κ3) is 2.79. The fourth-order valence-corrected chi connectivity index (χ4v) is 4.20. The molecular formula is C15H19NO2S. The Bertz CT molecular complexity index is 444. The van der Waals surface area contributed by atoms with Crippen LogP contribution in [0.25, 0.3) is 0 Å². The van der Waals surface area contributed by atoms with E-state index in [0.717, 1.165) is 36.9 Å². The first-order valence-corrected chi connectivity index (χ1v) is 7.88. The van der Waals surface area contributed by atoms with Crippen LogP contribution in [0, 0.1) is 11.8 Å². The Morgan fingerprint density at radius 2 is 1.84 bits per heavy atom. The number of ether oxygens (including phenoxy) is 1. The van der Waals surface area contributed by atoms with Gasteiger partial charge in [-0.15, -0.1) is 0 Å². The molecule has 0 N–H and O–H groups in total. The zero-order valence-electron chi connectivity index (χ0n) is 11.2. The number of rotatable bonds is 3. The normalized spacial score (nSPS) is 27.3. The Morgan fingerprint density at radius 3 is 2.42 bits per heavy atom. The summed E-state index contributed by atoms with van der Waals surface area (Å²) in [6.07, 6.45) is 0. The van der Waals surface area contributed by atoms with Crippen LogP contribution in [0.3, 0.4) is 0 Å². The number of piperidine rings is 1. The molecule has 1 aromatic rings. The van der Waals surface area contributed by atoms with Crippen LogP contribution in [0.5, 0.6) is 5.75 Å². The molecule has 102 valence electrons. The van der Waals surface area contributed by atoms with Crippen molar-refractivity contribution in [3.05, 3.63) is 29.8 Å². The molecule has 0 saturated carbocycles. The predicted octanol–water partition coefficient (Wildman–Crippen LogP) is 2.06. The molecule has 3 rings (SSSR count). The van der Waals surface area contributed by atoms with E-state index < -0.39 is 0 Å². The highest BCUT2D eigenvalue weighted by Crippen LogP contribution is 2.30. The lowest BCUT2D eigenvalue weighted by atomic mass is 9.89. The number of hydrogen-bond donors (Lipinski definition) is 0. The highest BCUT2D eigenvalue weighted by Gasteiger charge is 2.38. The van der Waals surface area contributed by atoms with Gasteiger partial charge in [0.2, 0.25) is 0 Å². The summed E-state index contributed by atoms with van der Waals surface area (Å²) in [6.45, 7) is 2.79. The summed E-state index contributed by atoms with van der Waals surface area (Å²) in [5.41, 5.74) is 1.29. The highest BCUT2D eigenvalue weighted by atomic mass is 32.2. The zero-order chi connectivity index (χ0) is 13.2. The summed E-state index contributed by atoms with van der Waals surface area (Å²) in [4.78, 5) is 14.5. The molecule has 3 nitrogen and oxygen atoms in total. The number of fused-ring (bicyclic) bond motifs is 2. The highest BCUT2D eigenvalue weighted by molar-refractivity contribution is 7.99. The minimum absolute atomic E-state index is 0.260. The van der Waals surface area contributed by atoms with E-state index >= 15 is 0 Å². The smallest absolute Gasteiger partial charge is 0.143 e. The van der Waals surface area contributed by atoms with Gasteiger partial charge in [0, 0.05) is 43.0 Å². The van der Waals surface area contributed by atoms with E-state index in [0.29, 0.717) is 5.78 Å². The fourth-order valence-electron chi connectivity index (χ4n) is 2.95. The van der Waals surface area contributed by atoms with Gasteiger partial charge in [0.05, 0.1) is 7.11 Å². The number of carbonyl (C=O) groups is 1. The molecule has 2 saturated heterocycles. The van der Waals surface area contributed by atoms with Crippen molar-refractivity contribution in [3.63, 3.8) is 0 Å².